The molecule has 2 rings (SSSR count). The number of hydrogen-bond donors (Lipinski definition) is 1. The van der Waals surface area contributed by atoms with Crippen LogP contribution in [0.4, 0.5) is 8.78 Å². The third kappa shape index (κ3) is 3.68. The van der Waals surface area contributed by atoms with Gasteiger partial charge in [-0.25, -0.2) is 8.78 Å². The van der Waals surface area contributed by atoms with E-state index in [-0.39, 0.29) is 11.8 Å². The molecule has 2 aromatic rings. The van der Waals surface area contributed by atoms with Crippen LogP contribution in [0.5, 0.6) is 11.5 Å². The number of hydrogen-bond acceptors (Lipinski definition) is 2. The molecular formula is C15H14ClF2NO. The van der Waals surface area contributed by atoms with Crippen LogP contribution in [0, 0.1) is 11.6 Å². The van der Waals surface area contributed by atoms with Crippen LogP contribution in [0.15, 0.2) is 36.4 Å². The van der Waals surface area contributed by atoms with Gasteiger partial charge in [-0.3, -0.25) is 0 Å². The number of halogens is 3. The quantitative estimate of drug-likeness (QED) is 0.913. The predicted octanol–water partition coefficient (Wildman–Crippen LogP) is 4.30. The van der Waals surface area contributed by atoms with Crippen molar-refractivity contribution in [3.8, 4) is 11.5 Å². The van der Waals surface area contributed by atoms with Gasteiger partial charge in [-0.1, -0.05) is 17.7 Å². The summed E-state index contributed by atoms with van der Waals surface area (Å²) in [7, 11) is 0. The molecule has 0 aliphatic carbocycles. The van der Waals surface area contributed by atoms with Crippen LogP contribution in [0.2, 0.25) is 5.02 Å². The van der Waals surface area contributed by atoms with Gasteiger partial charge in [0.2, 0.25) is 0 Å². The second kappa shape index (κ2) is 6.20. The maximum atomic E-state index is 13.6. The fourth-order valence-electron chi connectivity index (χ4n) is 1.81. The number of ether oxygens (including phenoxy) is 1. The third-order valence-corrected chi connectivity index (χ3v) is 2.92. The maximum Gasteiger partial charge on any atom is 0.165 e. The molecule has 20 heavy (non-hydrogen) atoms. The van der Waals surface area contributed by atoms with Crippen molar-refractivity contribution in [3.63, 3.8) is 0 Å². The average molecular weight is 298 g/mol. The van der Waals surface area contributed by atoms with Gasteiger partial charge in [0.1, 0.15) is 11.6 Å². The zero-order valence-corrected chi connectivity index (χ0v) is 11.6. The summed E-state index contributed by atoms with van der Waals surface area (Å²) in [5.41, 5.74) is 6.54. The van der Waals surface area contributed by atoms with Gasteiger partial charge in [0.05, 0.1) is 0 Å². The van der Waals surface area contributed by atoms with E-state index in [2.05, 4.69) is 0 Å². The minimum atomic E-state index is -0.641. The van der Waals surface area contributed by atoms with Crippen molar-refractivity contribution in [1.82, 2.24) is 0 Å². The third-order valence-electron chi connectivity index (χ3n) is 2.68. The van der Waals surface area contributed by atoms with Gasteiger partial charge in [0.15, 0.2) is 11.6 Å². The van der Waals surface area contributed by atoms with Crippen LogP contribution in [0.3, 0.4) is 0 Å². The molecule has 0 amide bonds. The maximum absolute atomic E-state index is 13.6. The van der Waals surface area contributed by atoms with Crippen LogP contribution in [-0.2, 0) is 6.42 Å². The van der Waals surface area contributed by atoms with Crippen molar-refractivity contribution in [3.05, 3.63) is 58.6 Å². The van der Waals surface area contributed by atoms with Crippen LogP contribution >= 0.6 is 11.6 Å². The van der Waals surface area contributed by atoms with Gasteiger partial charge in [0, 0.05) is 17.1 Å². The monoisotopic (exact) mass is 297 g/mol. The summed E-state index contributed by atoms with van der Waals surface area (Å²) in [6, 6.07) is 7.97. The van der Waals surface area contributed by atoms with E-state index in [1.54, 1.807) is 18.2 Å². The fraction of sp³-hybridized carbons (Fsp3) is 0.200. The lowest BCUT2D eigenvalue weighted by molar-refractivity contribution is 0.431. The van der Waals surface area contributed by atoms with Crippen molar-refractivity contribution in [2.45, 2.75) is 19.4 Å². The van der Waals surface area contributed by atoms with E-state index >= 15 is 0 Å². The Morgan fingerprint density at radius 1 is 1.15 bits per heavy atom. The molecule has 0 aliphatic rings. The molecular weight excluding hydrogens is 284 g/mol. The number of rotatable bonds is 4. The summed E-state index contributed by atoms with van der Waals surface area (Å²) in [5, 5.41) is 0.449. The largest absolute Gasteiger partial charge is 0.454 e. The SMILES string of the molecule is CC(N)Cc1ccc(Cl)cc1Oc1cc(F)ccc1F. The lowest BCUT2D eigenvalue weighted by Crippen LogP contribution is -2.18. The predicted molar refractivity (Wildman–Crippen MR) is 75.2 cm³/mol. The Morgan fingerprint density at radius 2 is 1.90 bits per heavy atom. The van der Waals surface area contributed by atoms with Crippen molar-refractivity contribution in [2.75, 3.05) is 0 Å². The first-order valence-corrected chi connectivity index (χ1v) is 6.50. The Bertz CT molecular complexity index is 617. The Hall–Kier alpha value is -1.65. The second-order valence-electron chi connectivity index (χ2n) is 4.61. The van der Waals surface area contributed by atoms with Gasteiger partial charge in [0.25, 0.3) is 0 Å². The van der Waals surface area contributed by atoms with Crippen LogP contribution in [-0.4, -0.2) is 6.04 Å². The highest BCUT2D eigenvalue weighted by Crippen LogP contribution is 2.31. The highest BCUT2D eigenvalue weighted by Gasteiger charge is 2.11. The summed E-state index contributed by atoms with van der Waals surface area (Å²) < 4.78 is 32.2. The molecule has 2 N–H and O–H groups in total. The fourth-order valence-corrected chi connectivity index (χ4v) is 1.97. The van der Waals surface area contributed by atoms with Gasteiger partial charge in [-0.05, 0) is 43.2 Å². The summed E-state index contributed by atoms with van der Waals surface area (Å²) in [6.45, 7) is 1.85. The number of benzene rings is 2. The lowest BCUT2D eigenvalue weighted by atomic mass is 10.1. The van der Waals surface area contributed by atoms with E-state index in [1.165, 1.54) is 0 Å². The first-order chi connectivity index (χ1) is 9.45. The van der Waals surface area contributed by atoms with Gasteiger partial charge < -0.3 is 10.5 Å². The molecule has 0 aliphatic heterocycles. The molecule has 2 nitrogen and oxygen atoms in total. The molecule has 0 aromatic heterocycles. The normalized spacial score (nSPS) is 12.2. The van der Waals surface area contributed by atoms with E-state index in [4.69, 9.17) is 22.1 Å². The van der Waals surface area contributed by atoms with Gasteiger partial charge in [-0.2, -0.15) is 0 Å². The molecule has 0 bridgehead atoms. The highest BCUT2D eigenvalue weighted by atomic mass is 35.5. The molecule has 0 saturated heterocycles. The van der Waals surface area contributed by atoms with Crippen LogP contribution in [0.1, 0.15) is 12.5 Å². The molecule has 106 valence electrons. The van der Waals surface area contributed by atoms with Crippen molar-refractivity contribution >= 4 is 11.6 Å². The van der Waals surface area contributed by atoms with E-state index in [0.717, 1.165) is 23.8 Å². The second-order valence-corrected chi connectivity index (χ2v) is 5.05. The Balaban J connectivity index is 2.36. The minimum absolute atomic E-state index is 0.0871. The summed E-state index contributed by atoms with van der Waals surface area (Å²) in [4.78, 5) is 0. The highest BCUT2D eigenvalue weighted by molar-refractivity contribution is 6.30. The van der Waals surface area contributed by atoms with Crippen molar-refractivity contribution in [2.24, 2.45) is 5.73 Å². The lowest BCUT2D eigenvalue weighted by Gasteiger charge is -2.13. The standard InChI is InChI=1S/C15H14ClF2NO/c1-9(19)6-10-2-3-11(16)7-14(10)20-15-8-12(17)4-5-13(15)18/h2-5,7-9H,6,19H2,1H3. The molecule has 1 atom stereocenters. The average Bonchev–Trinajstić information content (AvgIpc) is 2.37. The van der Waals surface area contributed by atoms with Crippen molar-refractivity contribution in [1.29, 1.82) is 0 Å². The zero-order valence-electron chi connectivity index (χ0n) is 10.9. The molecule has 0 heterocycles. The summed E-state index contributed by atoms with van der Waals surface area (Å²) in [6.07, 6.45) is 0.545. The Morgan fingerprint density at radius 3 is 2.60 bits per heavy atom. The molecule has 0 fully saturated rings. The molecule has 0 radical (unpaired) electrons. The van der Waals surface area contributed by atoms with E-state index < -0.39 is 11.6 Å². The van der Waals surface area contributed by atoms with E-state index in [0.29, 0.717) is 17.2 Å². The molecule has 1 unspecified atom stereocenters. The van der Waals surface area contributed by atoms with Crippen LogP contribution in [0.25, 0.3) is 0 Å². The van der Waals surface area contributed by atoms with Crippen LogP contribution < -0.4 is 10.5 Å². The topological polar surface area (TPSA) is 35.2 Å². The Kier molecular flexibility index (Phi) is 4.57. The first kappa shape index (κ1) is 14.8. The van der Waals surface area contributed by atoms with Gasteiger partial charge >= 0.3 is 0 Å². The van der Waals surface area contributed by atoms with Crippen molar-refractivity contribution < 1.29 is 13.5 Å². The summed E-state index contributed by atoms with van der Waals surface area (Å²) >= 11 is 5.91. The molecule has 0 saturated carbocycles. The van der Waals surface area contributed by atoms with Gasteiger partial charge in [-0.15, -0.1) is 0 Å². The molecule has 0 spiro atoms. The smallest absolute Gasteiger partial charge is 0.165 e. The minimum Gasteiger partial charge on any atom is -0.454 e. The zero-order chi connectivity index (χ0) is 14.7. The van der Waals surface area contributed by atoms with E-state index in [9.17, 15) is 8.78 Å². The molecule has 5 heteroatoms. The summed E-state index contributed by atoms with van der Waals surface area (Å²) in [5.74, 6) is -1.02. The Labute approximate surface area is 121 Å². The van der Waals surface area contributed by atoms with E-state index in [1.807, 2.05) is 6.92 Å². The molecule has 2 aromatic carbocycles. The number of nitrogens with two attached hydrogens (primary N) is 1. The first-order valence-electron chi connectivity index (χ1n) is 6.12.